The number of ether oxygens (including phenoxy) is 1. The van der Waals surface area contributed by atoms with Crippen LogP contribution in [0.25, 0.3) is 0 Å². The van der Waals surface area contributed by atoms with E-state index in [1.54, 1.807) is 12.1 Å². The fraction of sp³-hybridized carbons (Fsp3) is 0.368. The van der Waals surface area contributed by atoms with Gasteiger partial charge in [-0.15, -0.1) is 0 Å². The number of aliphatic hydroxyl groups is 1. The zero-order valence-corrected chi connectivity index (χ0v) is 13.4. The lowest BCUT2D eigenvalue weighted by molar-refractivity contribution is 0.191. The Kier molecular flexibility index (Phi) is 4.72. The summed E-state index contributed by atoms with van der Waals surface area (Å²) in [6, 6.07) is 13.7. The number of fused-ring (bicyclic) bond motifs is 1. The molecule has 0 saturated heterocycles. The van der Waals surface area contributed by atoms with Crippen LogP contribution in [0.4, 0.5) is 5.69 Å². The number of nitrogens with zero attached hydrogens (tertiary/aromatic N) is 1. The molecule has 1 aliphatic heterocycles. The quantitative estimate of drug-likeness (QED) is 0.891. The van der Waals surface area contributed by atoms with E-state index < -0.39 is 0 Å². The third-order valence-corrected chi connectivity index (χ3v) is 4.13. The highest BCUT2D eigenvalue weighted by atomic mass is 16.5. The van der Waals surface area contributed by atoms with Crippen molar-refractivity contribution in [3.05, 3.63) is 53.6 Å². The molecule has 3 rings (SSSR count). The van der Waals surface area contributed by atoms with Gasteiger partial charge in [0.1, 0.15) is 17.6 Å². The largest absolute Gasteiger partial charge is 0.508 e. The van der Waals surface area contributed by atoms with Gasteiger partial charge in [0.05, 0.1) is 12.2 Å². The van der Waals surface area contributed by atoms with E-state index in [4.69, 9.17) is 9.84 Å². The number of benzene rings is 2. The Hall–Kier alpha value is -2.20. The summed E-state index contributed by atoms with van der Waals surface area (Å²) in [7, 11) is 0. The van der Waals surface area contributed by atoms with Crippen LogP contribution < -0.4 is 9.64 Å². The minimum Gasteiger partial charge on any atom is -0.508 e. The van der Waals surface area contributed by atoms with E-state index in [1.807, 2.05) is 6.07 Å². The molecule has 0 radical (unpaired) electrons. The van der Waals surface area contributed by atoms with Crippen LogP contribution in [0.3, 0.4) is 0 Å². The summed E-state index contributed by atoms with van der Waals surface area (Å²) in [5.74, 6) is 1.03. The van der Waals surface area contributed by atoms with Gasteiger partial charge >= 0.3 is 0 Å². The molecule has 0 saturated carbocycles. The van der Waals surface area contributed by atoms with Crippen molar-refractivity contribution in [3.63, 3.8) is 0 Å². The summed E-state index contributed by atoms with van der Waals surface area (Å²) in [6.07, 6.45) is 1.61. The van der Waals surface area contributed by atoms with Crippen LogP contribution in [0.5, 0.6) is 11.5 Å². The predicted octanol–water partition coefficient (Wildman–Crippen LogP) is 2.89. The van der Waals surface area contributed by atoms with Crippen molar-refractivity contribution in [1.29, 1.82) is 0 Å². The molecule has 1 unspecified atom stereocenters. The van der Waals surface area contributed by atoms with Gasteiger partial charge in [-0.05, 0) is 31.0 Å². The Morgan fingerprint density at radius 1 is 1.22 bits per heavy atom. The zero-order valence-electron chi connectivity index (χ0n) is 13.4. The second kappa shape index (κ2) is 6.92. The van der Waals surface area contributed by atoms with Crippen LogP contribution >= 0.6 is 0 Å². The summed E-state index contributed by atoms with van der Waals surface area (Å²) >= 11 is 0. The second-order valence-corrected chi connectivity index (χ2v) is 6.11. The Bertz CT molecular complexity index is 671. The minimum atomic E-state index is 0.0625. The lowest BCUT2D eigenvalue weighted by Crippen LogP contribution is -2.41. The zero-order chi connectivity index (χ0) is 16.2. The smallest absolute Gasteiger partial charge is 0.143 e. The van der Waals surface area contributed by atoms with Crippen LogP contribution in [-0.4, -0.2) is 36.0 Å². The standard InChI is InChI=1S/C19H23NO3/c1-14-4-2-5-15(10-14)11-17-13-20(8-3-9-21)18-12-16(22)6-7-19(18)23-17/h2,4-7,10,12,17,21-22H,3,8-9,11,13H2,1H3. The molecule has 1 atom stereocenters. The monoisotopic (exact) mass is 313 g/mol. The number of rotatable bonds is 5. The molecule has 2 aromatic rings. The number of hydrogen-bond acceptors (Lipinski definition) is 4. The van der Waals surface area contributed by atoms with Crippen molar-refractivity contribution in [2.24, 2.45) is 0 Å². The molecule has 0 bridgehead atoms. The first kappa shape index (κ1) is 15.7. The molecular formula is C19H23NO3. The Balaban J connectivity index is 1.80. The first-order chi connectivity index (χ1) is 11.2. The highest BCUT2D eigenvalue weighted by molar-refractivity contribution is 5.63. The van der Waals surface area contributed by atoms with Crippen LogP contribution in [0, 0.1) is 6.92 Å². The topological polar surface area (TPSA) is 52.9 Å². The molecule has 0 aromatic heterocycles. The van der Waals surface area contributed by atoms with Gasteiger partial charge in [0.25, 0.3) is 0 Å². The van der Waals surface area contributed by atoms with Crippen LogP contribution in [-0.2, 0) is 6.42 Å². The average molecular weight is 313 g/mol. The van der Waals surface area contributed by atoms with Gasteiger partial charge < -0.3 is 19.8 Å². The number of phenolic OH excluding ortho intramolecular Hbond substituents is 1. The molecule has 0 fully saturated rings. The second-order valence-electron chi connectivity index (χ2n) is 6.11. The molecule has 4 nitrogen and oxygen atoms in total. The number of anilines is 1. The Morgan fingerprint density at radius 3 is 2.87 bits per heavy atom. The van der Waals surface area contributed by atoms with Crippen molar-refractivity contribution in [3.8, 4) is 11.5 Å². The maximum Gasteiger partial charge on any atom is 0.143 e. The van der Waals surface area contributed by atoms with Crippen molar-refractivity contribution in [2.45, 2.75) is 25.9 Å². The van der Waals surface area contributed by atoms with E-state index in [9.17, 15) is 5.11 Å². The molecule has 1 aliphatic rings. The lowest BCUT2D eigenvalue weighted by Gasteiger charge is -2.36. The predicted molar refractivity (Wildman–Crippen MR) is 91.3 cm³/mol. The van der Waals surface area contributed by atoms with Crippen LogP contribution in [0.1, 0.15) is 17.5 Å². The number of phenols is 1. The fourth-order valence-corrected chi connectivity index (χ4v) is 3.10. The minimum absolute atomic E-state index is 0.0625. The third kappa shape index (κ3) is 3.77. The highest BCUT2D eigenvalue weighted by Crippen LogP contribution is 2.36. The van der Waals surface area contributed by atoms with Crippen molar-refractivity contribution < 1.29 is 14.9 Å². The van der Waals surface area contributed by atoms with E-state index >= 15 is 0 Å². The SMILES string of the molecule is Cc1cccc(CC2CN(CCCO)c3cc(O)ccc3O2)c1. The molecule has 23 heavy (non-hydrogen) atoms. The first-order valence-electron chi connectivity index (χ1n) is 8.07. The summed E-state index contributed by atoms with van der Waals surface area (Å²) in [6.45, 7) is 3.76. The molecule has 0 aliphatic carbocycles. The lowest BCUT2D eigenvalue weighted by atomic mass is 10.0. The number of aromatic hydroxyl groups is 1. The van der Waals surface area contributed by atoms with E-state index in [0.717, 1.165) is 30.9 Å². The molecular weight excluding hydrogens is 290 g/mol. The average Bonchev–Trinajstić information content (AvgIpc) is 2.53. The van der Waals surface area contributed by atoms with Gasteiger partial charge in [0.2, 0.25) is 0 Å². The molecule has 0 spiro atoms. The third-order valence-electron chi connectivity index (χ3n) is 4.13. The number of aliphatic hydroxyl groups excluding tert-OH is 1. The van der Waals surface area contributed by atoms with Gasteiger partial charge in [0.15, 0.2) is 0 Å². The molecule has 122 valence electrons. The van der Waals surface area contributed by atoms with Gasteiger partial charge in [-0.2, -0.15) is 0 Å². The van der Waals surface area contributed by atoms with E-state index in [1.165, 1.54) is 11.1 Å². The summed E-state index contributed by atoms with van der Waals surface area (Å²) in [4.78, 5) is 2.19. The summed E-state index contributed by atoms with van der Waals surface area (Å²) in [5.41, 5.74) is 3.42. The molecule has 4 heteroatoms. The van der Waals surface area contributed by atoms with Crippen LogP contribution in [0.15, 0.2) is 42.5 Å². The van der Waals surface area contributed by atoms with E-state index in [2.05, 4.69) is 36.1 Å². The summed E-state index contributed by atoms with van der Waals surface area (Å²) < 4.78 is 6.13. The van der Waals surface area contributed by atoms with Crippen molar-refractivity contribution >= 4 is 5.69 Å². The van der Waals surface area contributed by atoms with Gasteiger partial charge in [-0.3, -0.25) is 0 Å². The maximum atomic E-state index is 9.73. The van der Waals surface area contributed by atoms with Gasteiger partial charge in [-0.25, -0.2) is 0 Å². The number of aryl methyl sites for hydroxylation is 1. The molecule has 2 aromatic carbocycles. The van der Waals surface area contributed by atoms with E-state index in [-0.39, 0.29) is 18.5 Å². The van der Waals surface area contributed by atoms with Crippen LogP contribution in [0.2, 0.25) is 0 Å². The Labute approximate surface area is 136 Å². The maximum absolute atomic E-state index is 9.73. The van der Waals surface area contributed by atoms with Gasteiger partial charge in [0, 0.05) is 25.6 Å². The summed E-state index contributed by atoms with van der Waals surface area (Å²) in [5, 5.41) is 18.9. The molecule has 0 amide bonds. The Morgan fingerprint density at radius 2 is 2.09 bits per heavy atom. The highest BCUT2D eigenvalue weighted by Gasteiger charge is 2.26. The number of hydrogen-bond donors (Lipinski definition) is 2. The normalized spacial score (nSPS) is 16.8. The molecule has 1 heterocycles. The van der Waals surface area contributed by atoms with Crippen molar-refractivity contribution in [1.82, 2.24) is 0 Å². The first-order valence-corrected chi connectivity index (χ1v) is 8.07. The van der Waals surface area contributed by atoms with E-state index in [0.29, 0.717) is 6.42 Å². The van der Waals surface area contributed by atoms with Gasteiger partial charge in [-0.1, -0.05) is 29.8 Å². The fourth-order valence-electron chi connectivity index (χ4n) is 3.10. The van der Waals surface area contributed by atoms with Crippen molar-refractivity contribution in [2.75, 3.05) is 24.6 Å². The molecule has 2 N–H and O–H groups in total.